The van der Waals surface area contributed by atoms with Crippen molar-refractivity contribution in [3.05, 3.63) is 107 Å². The van der Waals surface area contributed by atoms with Crippen LogP contribution in [0.5, 0.6) is 17.2 Å². The Morgan fingerprint density at radius 2 is 0.849 bits per heavy atom. The number of carbonyl (C=O) groups is 7. The summed E-state index contributed by atoms with van der Waals surface area (Å²) in [7, 11) is 4.12. The fourth-order valence-electron chi connectivity index (χ4n) is 8.02. The number of nitrogens with one attached hydrogen (secondary N) is 7. The quantitative estimate of drug-likeness (QED) is 0.0299. The molecule has 1 aromatic heterocycles. The van der Waals surface area contributed by atoms with Gasteiger partial charge in [0.05, 0.1) is 43.6 Å². The molecule has 7 amide bonds. The summed E-state index contributed by atoms with van der Waals surface area (Å²) in [6.45, 7) is 1.19. The van der Waals surface area contributed by atoms with Crippen LogP contribution in [-0.4, -0.2) is 105 Å². The average Bonchev–Trinajstić information content (AvgIpc) is 3.83. The van der Waals surface area contributed by atoms with Crippen LogP contribution < -0.4 is 69.0 Å². The van der Waals surface area contributed by atoms with Gasteiger partial charge in [0, 0.05) is 34.2 Å². The Kier molecular flexibility index (Phi) is 21.6. The van der Waals surface area contributed by atoms with Gasteiger partial charge in [-0.25, -0.2) is 0 Å². The van der Waals surface area contributed by atoms with Gasteiger partial charge in [0.1, 0.15) is 35.4 Å². The molecule has 3 unspecified atom stereocenters. The van der Waals surface area contributed by atoms with E-state index in [4.69, 9.17) is 37.1 Å². The minimum absolute atomic E-state index is 0.00741. The van der Waals surface area contributed by atoms with Crippen molar-refractivity contribution in [2.24, 2.45) is 22.9 Å². The molecule has 1 heterocycles. The summed E-state index contributed by atoms with van der Waals surface area (Å²) in [6.07, 6.45) is 6.48. The van der Waals surface area contributed by atoms with Gasteiger partial charge >= 0.3 is 0 Å². The number of amides is 7. The molecule has 5 rings (SSSR count). The van der Waals surface area contributed by atoms with E-state index in [-0.39, 0.29) is 63.8 Å². The van der Waals surface area contributed by atoms with Gasteiger partial charge in [-0.15, -0.1) is 0 Å². The number of para-hydroxylation sites is 1. The molecule has 0 aliphatic carbocycles. The predicted octanol–water partition coefficient (Wildman–Crippen LogP) is 4.28. The van der Waals surface area contributed by atoms with Gasteiger partial charge in [-0.05, 0) is 132 Å². The summed E-state index contributed by atoms with van der Waals surface area (Å²) in [5.74, 6) is -3.80. The highest BCUT2D eigenvalue weighted by Gasteiger charge is 2.28. The van der Waals surface area contributed by atoms with Crippen molar-refractivity contribution >= 4 is 69.3 Å². The van der Waals surface area contributed by atoms with E-state index in [1.165, 1.54) is 69.9 Å². The largest absolute Gasteiger partial charge is 0.496 e. The molecule has 3 atom stereocenters. The number of aromatic amines is 1. The van der Waals surface area contributed by atoms with Gasteiger partial charge in [0.25, 0.3) is 23.6 Å². The predicted molar refractivity (Wildman–Crippen MR) is 279 cm³/mol. The number of rotatable bonds is 29. The summed E-state index contributed by atoms with van der Waals surface area (Å²) >= 11 is 0. The highest BCUT2D eigenvalue weighted by atomic mass is 16.5. The number of benzene rings is 4. The summed E-state index contributed by atoms with van der Waals surface area (Å²) < 4.78 is 16.2. The van der Waals surface area contributed by atoms with Crippen molar-refractivity contribution in [2.75, 3.05) is 56.9 Å². The van der Waals surface area contributed by atoms with Crippen molar-refractivity contribution in [2.45, 2.75) is 82.3 Å². The molecule has 5 aromatic rings. The minimum atomic E-state index is -1.12. The molecule has 0 fully saturated rings. The molecule has 0 aliphatic heterocycles. The number of unbranched alkanes of at least 4 members (excludes halogenated alkanes) is 4. The lowest BCUT2D eigenvalue weighted by atomic mass is 10.0. The number of H-pyrrole nitrogens is 1. The maximum atomic E-state index is 14.1. The molecule has 21 heteroatoms. The Hall–Kier alpha value is -8.01. The van der Waals surface area contributed by atoms with Gasteiger partial charge in [0.15, 0.2) is 0 Å². The molecular weight excluding hydrogens is 939 g/mol. The number of fused-ring (bicyclic) bond motifs is 1. The monoisotopic (exact) mass is 1010 g/mol. The average molecular weight is 1010 g/mol. The van der Waals surface area contributed by atoms with Gasteiger partial charge in [-0.1, -0.05) is 31.0 Å². The van der Waals surface area contributed by atoms with Crippen LogP contribution in [0, 0.1) is 0 Å². The fraction of sp³-hybridized carbons (Fsp3) is 0.365. The van der Waals surface area contributed by atoms with Crippen LogP contribution in [0.1, 0.15) is 106 Å². The van der Waals surface area contributed by atoms with Gasteiger partial charge in [-0.2, -0.15) is 0 Å². The number of nitrogens with two attached hydrogens (primary N) is 4. The second-order valence-corrected chi connectivity index (χ2v) is 17.1. The standard InChI is InChI=1S/C52H67N11O10/c1-71-43-21-18-31(27-35(43)46(56)64)58-51(69)41(16-8-11-25-54)61-47(65)37-29-33(20-23-45(37)73-3)60-52(70)42(17-9-12-26-55)62-48(66)36-28-32(19-22-44(36)72-2)59-50(68)40(15-5-4-10-24-53)63-49(67)38-30-57-39-14-7-6-13-34(38)39/h6-7,13-14,18-23,27-30,40-42,57H,4-5,8-12,15-17,24-26,53-55H2,1-3H3,(H2,56,64)(H,58,69)(H,59,68)(H,60,70)(H,61,65)(H,62,66)(H,63,67). The maximum Gasteiger partial charge on any atom is 0.255 e. The molecule has 0 aliphatic rings. The normalized spacial score (nSPS) is 12.1. The molecule has 21 nitrogen and oxygen atoms in total. The number of aromatic nitrogens is 1. The Morgan fingerprint density at radius 1 is 0.479 bits per heavy atom. The smallest absolute Gasteiger partial charge is 0.255 e. The second-order valence-electron chi connectivity index (χ2n) is 17.1. The Bertz CT molecular complexity index is 2730. The van der Waals surface area contributed by atoms with Gasteiger partial charge < -0.3 is 74.0 Å². The van der Waals surface area contributed by atoms with Crippen LogP contribution in [0.2, 0.25) is 0 Å². The molecule has 0 bridgehead atoms. The van der Waals surface area contributed by atoms with E-state index >= 15 is 0 Å². The third kappa shape index (κ3) is 15.7. The highest BCUT2D eigenvalue weighted by Crippen LogP contribution is 2.27. The van der Waals surface area contributed by atoms with E-state index in [1.807, 2.05) is 24.3 Å². The van der Waals surface area contributed by atoms with E-state index in [0.29, 0.717) is 69.1 Å². The number of primary amides is 1. The van der Waals surface area contributed by atoms with E-state index in [0.717, 1.165) is 18.4 Å². The van der Waals surface area contributed by atoms with Crippen LogP contribution >= 0.6 is 0 Å². The van der Waals surface area contributed by atoms with Crippen molar-refractivity contribution in [3.8, 4) is 17.2 Å². The van der Waals surface area contributed by atoms with Gasteiger partial charge in [-0.3, -0.25) is 33.6 Å². The molecular formula is C52H67N11O10. The van der Waals surface area contributed by atoms with Crippen molar-refractivity contribution in [3.63, 3.8) is 0 Å². The van der Waals surface area contributed by atoms with Crippen LogP contribution in [0.15, 0.2) is 85.1 Å². The first kappa shape index (κ1) is 55.9. The second kappa shape index (κ2) is 28.1. The Balaban J connectivity index is 1.33. The van der Waals surface area contributed by atoms with Crippen LogP contribution in [0.25, 0.3) is 10.9 Å². The lowest BCUT2D eigenvalue weighted by Crippen LogP contribution is -2.44. The molecule has 0 saturated carbocycles. The molecule has 390 valence electrons. The molecule has 73 heavy (non-hydrogen) atoms. The third-order valence-electron chi connectivity index (χ3n) is 11.9. The first-order chi connectivity index (χ1) is 35.2. The van der Waals surface area contributed by atoms with E-state index in [2.05, 4.69) is 36.9 Å². The summed E-state index contributed by atoms with van der Waals surface area (Å²) in [5.41, 5.74) is 24.6. The number of methoxy groups -OCH3 is 3. The highest BCUT2D eigenvalue weighted by molar-refractivity contribution is 6.09. The Morgan fingerprint density at radius 3 is 1.26 bits per heavy atom. The number of anilines is 3. The van der Waals surface area contributed by atoms with E-state index in [1.54, 1.807) is 12.3 Å². The molecule has 0 spiro atoms. The van der Waals surface area contributed by atoms with Crippen molar-refractivity contribution in [1.29, 1.82) is 0 Å². The first-order valence-electron chi connectivity index (χ1n) is 24.1. The van der Waals surface area contributed by atoms with E-state index < -0.39 is 59.5 Å². The summed E-state index contributed by atoms with van der Waals surface area (Å²) in [6, 6.07) is 17.4. The van der Waals surface area contributed by atoms with Crippen LogP contribution in [-0.2, 0) is 14.4 Å². The molecule has 0 saturated heterocycles. The zero-order chi connectivity index (χ0) is 52.9. The minimum Gasteiger partial charge on any atom is -0.496 e. The molecule has 0 radical (unpaired) electrons. The summed E-state index contributed by atoms with van der Waals surface area (Å²) in [5, 5.41) is 17.5. The lowest BCUT2D eigenvalue weighted by Gasteiger charge is -2.21. The van der Waals surface area contributed by atoms with Gasteiger partial charge in [0.2, 0.25) is 17.7 Å². The SMILES string of the molecule is COc1ccc(NC(=O)C(CCCCN)NC(=O)c2cc(NC(=O)C(CCCCN)NC(=O)c3cc(NC(=O)C(CCCCCN)NC(=O)c4c[nH]c5ccccc45)ccc3OC)ccc2OC)cc1C(N)=O. The third-order valence-corrected chi connectivity index (χ3v) is 11.9. The Labute approximate surface area is 423 Å². The van der Waals surface area contributed by atoms with E-state index in [9.17, 15) is 33.6 Å². The summed E-state index contributed by atoms with van der Waals surface area (Å²) in [4.78, 5) is 98.5. The van der Waals surface area contributed by atoms with Crippen molar-refractivity contribution in [1.82, 2.24) is 20.9 Å². The fourth-order valence-corrected chi connectivity index (χ4v) is 8.02. The topological polar surface area (TPSA) is 339 Å². The zero-order valence-corrected chi connectivity index (χ0v) is 41.4. The van der Waals surface area contributed by atoms with Crippen LogP contribution in [0.4, 0.5) is 17.1 Å². The number of ether oxygens (including phenoxy) is 3. The van der Waals surface area contributed by atoms with Crippen LogP contribution in [0.3, 0.4) is 0 Å². The lowest BCUT2D eigenvalue weighted by molar-refractivity contribution is -0.118. The van der Waals surface area contributed by atoms with Crippen molar-refractivity contribution < 1.29 is 47.8 Å². The number of carbonyl (C=O) groups excluding carboxylic acids is 7. The molecule has 15 N–H and O–H groups in total. The first-order valence-corrected chi connectivity index (χ1v) is 24.1. The zero-order valence-electron chi connectivity index (χ0n) is 41.4. The number of hydrogen-bond acceptors (Lipinski definition) is 13. The maximum absolute atomic E-state index is 14.1. The molecule has 4 aromatic carbocycles. The number of hydrogen-bond donors (Lipinski definition) is 11.